The molecule has 0 atom stereocenters. The van der Waals surface area contributed by atoms with Gasteiger partial charge in [0.25, 0.3) is 10.0 Å². The van der Waals surface area contributed by atoms with Crippen molar-refractivity contribution in [3.63, 3.8) is 0 Å². The lowest BCUT2D eigenvalue weighted by atomic mass is 9.87. The highest BCUT2D eigenvalue weighted by Crippen LogP contribution is 2.23. The fourth-order valence-corrected chi connectivity index (χ4v) is 3.01. The molecule has 0 aliphatic carbocycles. The lowest BCUT2D eigenvalue weighted by molar-refractivity contribution is 0.580. The Balaban J connectivity index is 2.08. The Labute approximate surface area is 150 Å². The van der Waals surface area contributed by atoms with Crippen molar-refractivity contribution < 1.29 is 8.42 Å². The van der Waals surface area contributed by atoms with Crippen molar-refractivity contribution in [1.82, 2.24) is 4.83 Å². The molecule has 1 N–H and O–H groups in total. The van der Waals surface area contributed by atoms with Gasteiger partial charge < -0.3 is 4.90 Å². The van der Waals surface area contributed by atoms with Gasteiger partial charge in [-0.05, 0) is 40.8 Å². The van der Waals surface area contributed by atoms with Crippen molar-refractivity contribution in [3.05, 3.63) is 59.7 Å². The average molecular weight is 359 g/mol. The third kappa shape index (κ3) is 5.06. The van der Waals surface area contributed by atoms with E-state index in [1.54, 1.807) is 12.1 Å². The first-order valence-corrected chi connectivity index (χ1v) is 9.51. The molecule has 0 fully saturated rings. The minimum atomic E-state index is -3.67. The zero-order valence-corrected chi connectivity index (χ0v) is 16.1. The molecular weight excluding hydrogens is 334 g/mol. The number of anilines is 1. The Morgan fingerprint density at radius 2 is 1.52 bits per heavy atom. The lowest BCUT2D eigenvalue weighted by Crippen LogP contribution is -2.19. The second-order valence-corrected chi connectivity index (χ2v) is 8.77. The maximum atomic E-state index is 12.3. The minimum Gasteiger partial charge on any atom is -0.378 e. The molecule has 0 radical (unpaired) electrons. The van der Waals surface area contributed by atoms with Crippen molar-refractivity contribution >= 4 is 21.9 Å². The van der Waals surface area contributed by atoms with Crippen LogP contribution >= 0.6 is 0 Å². The number of hydrazone groups is 1. The Morgan fingerprint density at radius 1 is 0.960 bits per heavy atom. The van der Waals surface area contributed by atoms with E-state index in [2.05, 4.69) is 30.7 Å². The number of nitrogens with zero attached hydrogens (tertiary/aromatic N) is 2. The molecular formula is C19H25N3O2S. The molecule has 0 saturated carbocycles. The molecule has 25 heavy (non-hydrogen) atoms. The molecule has 2 aromatic rings. The number of hydrogen-bond donors (Lipinski definition) is 1. The molecule has 0 aliphatic rings. The van der Waals surface area contributed by atoms with Crippen LogP contribution in [0.15, 0.2) is 58.5 Å². The first-order valence-electron chi connectivity index (χ1n) is 8.02. The van der Waals surface area contributed by atoms with E-state index in [9.17, 15) is 8.42 Å². The normalized spacial score (nSPS) is 12.4. The summed E-state index contributed by atoms with van der Waals surface area (Å²) in [6.07, 6.45) is 1.49. The van der Waals surface area contributed by atoms with Gasteiger partial charge in [-0.3, -0.25) is 0 Å². The van der Waals surface area contributed by atoms with Gasteiger partial charge >= 0.3 is 0 Å². The highest BCUT2D eigenvalue weighted by molar-refractivity contribution is 7.89. The number of rotatable bonds is 5. The van der Waals surface area contributed by atoms with Crippen LogP contribution in [0.1, 0.15) is 31.9 Å². The van der Waals surface area contributed by atoms with Crippen LogP contribution in [0.5, 0.6) is 0 Å². The maximum Gasteiger partial charge on any atom is 0.276 e. The Bertz CT molecular complexity index is 832. The van der Waals surface area contributed by atoms with E-state index in [0.717, 1.165) is 16.8 Å². The predicted octanol–water partition coefficient (Wildman–Crippen LogP) is 3.36. The number of benzene rings is 2. The number of hydrogen-bond acceptors (Lipinski definition) is 4. The molecule has 6 heteroatoms. The second-order valence-electron chi connectivity index (χ2n) is 7.11. The molecule has 0 heterocycles. The maximum absolute atomic E-state index is 12.3. The number of sulfonamides is 1. The highest BCUT2D eigenvalue weighted by Gasteiger charge is 2.16. The smallest absolute Gasteiger partial charge is 0.276 e. The molecule has 0 aromatic heterocycles. The van der Waals surface area contributed by atoms with Crippen LogP contribution in [0.2, 0.25) is 0 Å². The summed E-state index contributed by atoms with van der Waals surface area (Å²) in [7, 11) is 0.251. The third-order valence-corrected chi connectivity index (χ3v) is 5.07. The van der Waals surface area contributed by atoms with Crippen molar-refractivity contribution in [2.24, 2.45) is 5.10 Å². The first-order chi connectivity index (χ1) is 11.6. The summed E-state index contributed by atoms with van der Waals surface area (Å²) in [5, 5.41) is 3.86. The van der Waals surface area contributed by atoms with Gasteiger partial charge in [0.15, 0.2) is 0 Å². The van der Waals surface area contributed by atoms with Crippen molar-refractivity contribution in [2.45, 2.75) is 31.1 Å². The Morgan fingerprint density at radius 3 is 2.00 bits per heavy atom. The van der Waals surface area contributed by atoms with E-state index >= 15 is 0 Å². The third-order valence-electron chi connectivity index (χ3n) is 3.83. The summed E-state index contributed by atoms with van der Waals surface area (Å²) in [5.74, 6) is 0. The van der Waals surface area contributed by atoms with E-state index in [1.165, 1.54) is 6.21 Å². The van der Waals surface area contributed by atoms with Crippen LogP contribution in [-0.4, -0.2) is 28.7 Å². The monoisotopic (exact) mass is 359 g/mol. The quantitative estimate of drug-likeness (QED) is 0.658. The standard InChI is InChI=1S/C19H25N3O2S/c1-19(2,3)16-8-12-18(13-9-16)25(23,24)21-20-14-15-6-10-17(11-7-15)22(4)5/h6-14,21H,1-5H3. The summed E-state index contributed by atoms with van der Waals surface area (Å²) in [6.45, 7) is 6.25. The van der Waals surface area contributed by atoms with E-state index in [-0.39, 0.29) is 10.3 Å². The van der Waals surface area contributed by atoms with E-state index in [1.807, 2.05) is 55.4 Å². The zero-order chi connectivity index (χ0) is 18.7. The lowest BCUT2D eigenvalue weighted by Gasteiger charge is -2.19. The summed E-state index contributed by atoms with van der Waals surface area (Å²) >= 11 is 0. The van der Waals surface area contributed by atoms with Gasteiger partial charge in [-0.15, -0.1) is 0 Å². The van der Waals surface area contributed by atoms with Crippen molar-refractivity contribution in [2.75, 3.05) is 19.0 Å². The van der Waals surface area contributed by atoms with Gasteiger partial charge in [-0.2, -0.15) is 13.5 Å². The molecule has 0 saturated heterocycles. The number of nitrogens with one attached hydrogen (secondary N) is 1. The SMILES string of the molecule is CN(C)c1ccc(C=NNS(=O)(=O)c2ccc(C(C)(C)C)cc2)cc1. The van der Waals surface area contributed by atoms with Crippen LogP contribution in [0.4, 0.5) is 5.69 Å². The van der Waals surface area contributed by atoms with E-state index in [4.69, 9.17) is 0 Å². The van der Waals surface area contributed by atoms with Crippen molar-refractivity contribution in [3.8, 4) is 0 Å². The van der Waals surface area contributed by atoms with Gasteiger partial charge in [-0.1, -0.05) is 45.0 Å². The molecule has 134 valence electrons. The largest absolute Gasteiger partial charge is 0.378 e. The molecule has 0 amide bonds. The van der Waals surface area contributed by atoms with E-state index in [0.29, 0.717) is 0 Å². The van der Waals surface area contributed by atoms with Gasteiger partial charge in [0.2, 0.25) is 0 Å². The van der Waals surface area contributed by atoms with Gasteiger partial charge in [-0.25, -0.2) is 4.83 Å². The molecule has 2 rings (SSSR count). The van der Waals surface area contributed by atoms with Gasteiger partial charge in [0, 0.05) is 19.8 Å². The fraction of sp³-hybridized carbons (Fsp3) is 0.316. The molecule has 0 bridgehead atoms. The Kier molecular flexibility index (Phi) is 5.52. The summed E-state index contributed by atoms with van der Waals surface area (Å²) in [4.78, 5) is 4.44. The molecule has 0 unspecified atom stereocenters. The predicted molar refractivity (Wildman–Crippen MR) is 104 cm³/mol. The fourth-order valence-electron chi connectivity index (χ4n) is 2.22. The summed E-state index contributed by atoms with van der Waals surface area (Å²) < 4.78 is 24.6. The minimum absolute atomic E-state index is 0.0212. The van der Waals surface area contributed by atoms with E-state index < -0.39 is 10.0 Å². The molecule has 5 nitrogen and oxygen atoms in total. The molecule has 0 spiro atoms. The van der Waals surface area contributed by atoms with Crippen LogP contribution in [0.25, 0.3) is 0 Å². The van der Waals surface area contributed by atoms with Crippen LogP contribution < -0.4 is 9.73 Å². The second kappa shape index (κ2) is 7.27. The molecule has 0 aliphatic heterocycles. The first kappa shape index (κ1) is 19.0. The summed E-state index contributed by atoms with van der Waals surface area (Å²) in [5.41, 5.74) is 2.94. The average Bonchev–Trinajstić information content (AvgIpc) is 2.54. The van der Waals surface area contributed by atoms with Crippen molar-refractivity contribution in [1.29, 1.82) is 0 Å². The van der Waals surface area contributed by atoms with Crippen LogP contribution in [0.3, 0.4) is 0 Å². The van der Waals surface area contributed by atoms with Gasteiger partial charge in [0.1, 0.15) is 0 Å². The Hall–Kier alpha value is -2.34. The molecule has 2 aromatic carbocycles. The topological polar surface area (TPSA) is 61.8 Å². The highest BCUT2D eigenvalue weighted by atomic mass is 32.2. The van der Waals surface area contributed by atoms with Crippen LogP contribution in [-0.2, 0) is 15.4 Å². The van der Waals surface area contributed by atoms with Gasteiger partial charge in [0.05, 0.1) is 11.1 Å². The zero-order valence-electron chi connectivity index (χ0n) is 15.3. The summed E-state index contributed by atoms with van der Waals surface area (Å²) in [6, 6.07) is 14.5. The van der Waals surface area contributed by atoms with Crippen LogP contribution in [0, 0.1) is 0 Å².